The summed E-state index contributed by atoms with van der Waals surface area (Å²) in [6, 6.07) is 68.5. The van der Waals surface area contributed by atoms with Gasteiger partial charge in [0.05, 0.1) is 70.9 Å². The number of nitrogens with zero attached hydrogens (tertiary/aromatic N) is 15. The first-order chi connectivity index (χ1) is 70.1. The van der Waals surface area contributed by atoms with E-state index in [2.05, 4.69) is 160 Å². The van der Waals surface area contributed by atoms with Crippen LogP contribution in [0, 0.1) is 56.7 Å². The Morgan fingerprint density at radius 2 is 0.637 bits per heavy atom. The molecule has 3 N–H and O–H groups in total. The number of nitriles is 5. The predicted octanol–water partition coefficient (Wildman–Crippen LogP) is 24.2. The number of benzene rings is 10. The molecule has 0 aliphatic heterocycles. The average molecular weight is 1950 g/mol. The highest BCUT2D eigenvalue weighted by Crippen LogP contribution is 2.45. The second kappa shape index (κ2) is 46.9. The van der Waals surface area contributed by atoms with Crippen LogP contribution in [0.4, 0.5) is 0 Å². The SMILES string of the molecule is C.C=C1CCc2c1cccc2-c1noc(-c2ccc(OC(C)C)c(C#N)c2)n1.CC(=O)CNC1CCc2c(-c3noc(-c4ccc(OC(C)C)c(C#N)c4)n3)cccc21.CC(=O)NC1CCc2c(-c3noc(-c4ccc(OC(C)C)c(C#N)c4)n3)cccc21.CC(C)Oc1ccc(-c2nc(-c3cccc4c3CCC4C)no2)cc1C#N.CCCNC1CCc2c(-c3noc(-c4ccc(OC(C)C)c(C#N)c4)n3)cccc21. The lowest BCUT2D eigenvalue weighted by atomic mass is 9.99. The van der Waals surface area contributed by atoms with Crippen molar-refractivity contribution < 1.29 is 55.9 Å². The number of carbonyl (C=O) groups excluding carboxylic acids is 2. The number of fused-ring (bicyclic) bond motifs is 5. The van der Waals surface area contributed by atoms with Crippen molar-refractivity contribution >= 4 is 17.3 Å². The molecule has 0 saturated heterocycles. The number of allylic oxidation sites excluding steroid dienone is 1. The fraction of sp³-hybridized carbons (Fsp3) is 0.319. The van der Waals surface area contributed by atoms with Gasteiger partial charge in [-0.25, -0.2) is 0 Å². The first kappa shape index (κ1) is 104. The number of ether oxygens (including phenoxy) is 5. The summed E-state index contributed by atoms with van der Waals surface area (Å²) in [6.07, 6.45) is 10.7. The molecule has 0 saturated carbocycles. The zero-order valence-electron chi connectivity index (χ0n) is 83.5. The highest BCUT2D eigenvalue weighted by atomic mass is 16.5. The van der Waals surface area contributed by atoms with Gasteiger partial charge in [0.15, 0.2) is 0 Å². The Balaban J connectivity index is 0.000000137. The van der Waals surface area contributed by atoms with Crippen LogP contribution in [0.5, 0.6) is 28.7 Å². The molecule has 0 radical (unpaired) electrons. The number of Topliss-reactive ketones (excluding diaryl/α,β-unsaturated/α-hetero) is 1. The van der Waals surface area contributed by atoms with Crippen molar-refractivity contribution in [1.29, 1.82) is 26.3 Å². The molecule has 742 valence electrons. The van der Waals surface area contributed by atoms with E-state index in [0.717, 1.165) is 122 Å². The monoisotopic (exact) mass is 1950 g/mol. The maximum atomic E-state index is 11.5. The van der Waals surface area contributed by atoms with Crippen molar-refractivity contribution in [2.75, 3.05) is 13.1 Å². The summed E-state index contributed by atoms with van der Waals surface area (Å²) in [5, 5.41) is 78.1. The summed E-state index contributed by atoms with van der Waals surface area (Å²) < 4.78 is 55.9. The van der Waals surface area contributed by atoms with E-state index >= 15 is 0 Å². The second-order valence-corrected chi connectivity index (χ2v) is 37.4. The van der Waals surface area contributed by atoms with Crippen molar-refractivity contribution in [1.82, 2.24) is 66.7 Å². The first-order valence-corrected chi connectivity index (χ1v) is 48.9. The van der Waals surface area contributed by atoms with E-state index in [1.54, 1.807) is 73.7 Å². The van der Waals surface area contributed by atoms with Crippen molar-refractivity contribution in [2.45, 2.75) is 230 Å². The highest BCUT2D eigenvalue weighted by molar-refractivity contribution is 5.80. The summed E-state index contributed by atoms with van der Waals surface area (Å²) in [7, 11) is 0. The van der Waals surface area contributed by atoms with Gasteiger partial charge < -0.3 is 62.3 Å². The van der Waals surface area contributed by atoms with Crippen LogP contribution in [0.15, 0.2) is 211 Å². The molecule has 15 aromatic rings. The topological polar surface area (TPSA) is 430 Å². The Morgan fingerprint density at radius 1 is 0.363 bits per heavy atom. The lowest BCUT2D eigenvalue weighted by Gasteiger charge is -2.13. The zero-order chi connectivity index (χ0) is 102. The summed E-state index contributed by atoms with van der Waals surface area (Å²) in [4.78, 5) is 45.8. The third-order valence-electron chi connectivity index (χ3n) is 25.1. The van der Waals surface area contributed by atoms with Crippen molar-refractivity contribution in [3.8, 4) is 173 Å². The minimum atomic E-state index is -0.0432. The molecule has 5 heterocycles. The van der Waals surface area contributed by atoms with E-state index < -0.39 is 0 Å². The second-order valence-electron chi connectivity index (χ2n) is 37.4. The van der Waals surface area contributed by atoms with Gasteiger partial charge in [-0.05, 0) is 311 Å². The molecular formula is C116H116N18O12. The van der Waals surface area contributed by atoms with Crippen LogP contribution in [0.1, 0.15) is 250 Å². The van der Waals surface area contributed by atoms with Gasteiger partial charge in [-0.1, -0.05) is 145 Å². The standard InChI is InChI=1S/C24H24N4O3.C24H26N4O2.C23H22N4O3.C22H21N3O2.C22H19N3O2.CH4/c1-14(2)30-22-10-7-16(11-17(22)12-25)24-27-23(28-31-24)20-6-4-5-19-18(20)8-9-21(19)26-13-15(3)29;1-4-12-26-21-10-9-18-19(21)6-5-7-20(18)23-27-24(30-28-23)16-8-11-22(29-15(2)3)17(13-16)14-25;1-13(2)29-21-10-7-15(11-16(21)12-24)23-26-22(27-30-23)19-6-4-5-18-17(19)8-9-20(18)25-14(3)28;2*1-13(2)26-20-10-8-15(11-16(20)12-23)22-24-21(25-27-22)19-6-4-5-17-14(3)7-9-18(17)19;/h4-7,10-11,14,21,26H,8-9,13H2,1-3H3;5-8,11,13,15,21,26H,4,9-10,12H2,1-3H3;4-7,10-11,13,20H,8-9H2,1-3H3,(H,25,28);4-6,8,10-11,13-14H,7,9H2,1-3H3;4-6,8,10-11,13H,3,7,9H2,1-2H3;1H4. The molecule has 4 atom stereocenters. The molecule has 0 bridgehead atoms. The molecule has 5 aliphatic carbocycles. The Morgan fingerprint density at radius 3 is 0.938 bits per heavy atom. The van der Waals surface area contributed by atoms with Crippen LogP contribution in [0.2, 0.25) is 0 Å². The van der Waals surface area contributed by atoms with Gasteiger partial charge in [0.25, 0.3) is 29.5 Å². The normalized spacial score (nSPS) is 14.7. The van der Waals surface area contributed by atoms with E-state index in [-0.39, 0.29) is 61.7 Å². The summed E-state index contributed by atoms with van der Waals surface area (Å²) in [5.41, 5.74) is 23.9. The van der Waals surface area contributed by atoms with Crippen LogP contribution in [0.3, 0.4) is 0 Å². The third kappa shape index (κ3) is 23.9. The number of carbonyl (C=O) groups is 2. The van der Waals surface area contributed by atoms with E-state index in [0.29, 0.717) is 161 Å². The molecule has 5 aromatic heterocycles. The number of hydrogen-bond donors (Lipinski definition) is 3. The molecule has 10 aromatic carbocycles. The number of amides is 1. The number of aromatic nitrogens is 10. The lowest BCUT2D eigenvalue weighted by molar-refractivity contribution is -0.119. The molecule has 20 rings (SSSR count). The van der Waals surface area contributed by atoms with Gasteiger partial charge >= 0.3 is 0 Å². The molecule has 4 unspecified atom stereocenters. The molecule has 1 amide bonds. The van der Waals surface area contributed by atoms with Crippen molar-refractivity contribution in [3.63, 3.8) is 0 Å². The number of nitrogens with one attached hydrogen (secondary N) is 3. The minimum Gasteiger partial charge on any atom is -0.490 e. The maximum Gasteiger partial charge on any atom is 0.258 e. The predicted molar refractivity (Wildman–Crippen MR) is 553 cm³/mol. The number of ketones is 1. The molecular weight excluding hydrogens is 1840 g/mol. The van der Waals surface area contributed by atoms with E-state index in [1.807, 2.05) is 142 Å². The first-order valence-electron chi connectivity index (χ1n) is 48.9. The smallest absolute Gasteiger partial charge is 0.258 e. The van der Waals surface area contributed by atoms with Gasteiger partial charge in [0, 0.05) is 74.6 Å². The molecule has 30 nitrogen and oxygen atoms in total. The Bertz CT molecular complexity index is 7530. The quantitative estimate of drug-likeness (QED) is 0.0430. The van der Waals surface area contributed by atoms with Crippen molar-refractivity contribution in [2.24, 2.45) is 0 Å². The van der Waals surface area contributed by atoms with Gasteiger partial charge in [0.1, 0.15) is 64.9 Å². The lowest BCUT2D eigenvalue weighted by Crippen LogP contribution is -2.24. The average Bonchev–Trinajstić information content (AvgIpc) is 1.64. The van der Waals surface area contributed by atoms with Crippen LogP contribution in [-0.4, -0.2) is 106 Å². The van der Waals surface area contributed by atoms with Crippen LogP contribution in [0.25, 0.3) is 120 Å². The molecule has 0 spiro atoms. The number of hydrogen-bond acceptors (Lipinski definition) is 29. The Labute approximate surface area is 849 Å². The fourth-order valence-electron chi connectivity index (χ4n) is 18.7. The Kier molecular flexibility index (Phi) is 33.3. The van der Waals surface area contributed by atoms with Crippen LogP contribution >= 0.6 is 0 Å². The van der Waals surface area contributed by atoms with Crippen LogP contribution < -0.4 is 39.6 Å². The van der Waals surface area contributed by atoms with Crippen LogP contribution in [-0.2, 0) is 41.7 Å². The Hall–Kier alpha value is -16.9. The zero-order valence-corrected chi connectivity index (χ0v) is 83.5. The van der Waals surface area contributed by atoms with E-state index in [9.17, 15) is 35.9 Å². The molecule has 30 heteroatoms. The maximum absolute atomic E-state index is 11.5. The fourth-order valence-corrected chi connectivity index (χ4v) is 18.7. The third-order valence-corrected chi connectivity index (χ3v) is 25.1. The van der Waals surface area contributed by atoms with Gasteiger partial charge in [-0.15, -0.1) is 0 Å². The molecule has 146 heavy (non-hydrogen) atoms. The number of rotatable bonds is 27. The largest absolute Gasteiger partial charge is 0.490 e. The van der Waals surface area contributed by atoms with E-state index in [4.69, 9.17) is 46.3 Å². The van der Waals surface area contributed by atoms with Crippen molar-refractivity contribution in [3.05, 3.63) is 272 Å². The molecule has 0 fully saturated rings. The summed E-state index contributed by atoms with van der Waals surface area (Å²) in [5.74, 6) is 7.99. The van der Waals surface area contributed by atoms with Gasteiger partial charge in [0.2, 0.25) is 35.0 Å². The molecule has 5 aliphatic rings. The summed E-state index contributed by atoms with van der Waals surface area (Å²) >= 11 is 0. The van der Waals surface area contributed by atoms with E-state index in [1.165, 1.54) is 51.4 Å². The highest BCUT2D eigenvalue weighted by Gasteiger charge is 2.33. The summed E-state index contributed by atoms with van der Waals surface area (Å²) in [6.45, 7) is 32.3. The van der Waals surface area contributed by atoms with Gasteiger partial charge in [-0.2, -0.15) is 51.2 Å². The van der Waals surface area contributed by atoms with Gasteiger partial charge in [-0.3, -0.25) is 9.59 Å². The minimum absolute atomic E-state index is 0.